The van der Waals surface area contributed by atoms with Crippen LogP contribution in [0.15, 0.2) is 18.2 Å². The SMILES string of the molecule is CC(C)CN(Cc1ccc2c(c1)CCCCC2)C(=O)C1CNCCO1. The van der Waals surface area contributed by atoms with Crippen molar-refractivity contribution in [1.82, 2.24) is 10.2 Å². The van der Waals surface area contributed by atoms with Crippen LogP contribution >= 0.6 is 0 Å². The van der Waals surface area contributed by atoms with Crippen LogP contribution in [0, 0.1) is 5.92 Å². The fourth-order valence-corrected chi connectivity index (χ4v) is 3.88. The molecule has 1 atom stereocenters. The van der Waals surface area contributed by atoms with Crippen LogP contribution in [0.5, 0.6) is 0 Å². The van der Waals surface area contributed by atoms with E-state index in [0.29, 0.717) is 25.6 Å². The van der Waals surface area contributed by atoms with E-state index in [9.17, 15) is 4.79 Å². The minimum Gasteiger partial charge on any atom is -0.366 e. The van der Waals surface area contributed by atoms with Crippen LogP contribution in [0.2, 0.25) is 0 Å². The highest BCUT2D eigenvalue weighted by Crippen LogP contribution is 2.23. The summed E-state index contributed by atoms with van der Waals surface area (Å²) in [7, 11) is 0. The maximum Gasteiger partial charge on any atom is 0.253 e. The van der Waals surface area contributed by atoms with Gasteiger partial charge in [-0.25, -0.2) is 0 Å². The predicted molar refractivity (Wildman–Crippen MR) is 101 cm³/mol. The van der Waals surface area contributed by atoms with Crippen LogP contribution in [0.25, 0.3) is 0 Å². The molecule has 3 rings (SSSR count). The van der Waals surface area contributed by atoms with E-state index in [1.807, 2.05) is 4.90 Å². The van der Waals surface area contributed by atoms with Gasteiger partial charge in [0.15, 0.2) is 0 Å². The highest BCUT2D eigenvalue weighted by molar-refractivity contribution is 5.81. The van der Waals surface area contributed by atoms with Gasteiger partial charge in [-0.1, -0.05) is 38.5 Å². The number of hydrogen-bond donors (Lipinski definition) is 1. The van der Waals surface area contributed by atoms with Crippen molar-refractivity contribution < 1.29 is 9.53 Å². The Morgan fingerprint density at radius 3 is 2.76 bits per heavy atom. The number of benzene rings is 1. The van der Waals surface area contributed by atoms with Crippen molar-refractivity contribution in [3.05, 3.63) is 34.9 Å². The van der Waals surface area contributed by atoms with E-state index in [0.717, 1.165) is 13.1 Å². The summed E-state index contributed by atoms with van der Waals surface area (Å²) < 4.78 is 5.69. The lowest BCUT2D eigenvalue weighted by Gasteiger charge is -2.31. The molecule has 1 fully saturated rings. The monoisotopic (exact) mass is 344 g/mol. The van der Waals surface area contributed by atoms with Gasteiger partial charge in [0.2, 0.25) is 0 Å². The Balaban J connectivity index is 1.73. The van der Waals surface area contributed by atoms with Gasteiger partial charge in [0.1, 0.15) is 6.10 Å². The molecule has 0 aromatic heterocycles. The topological polar surface area (TPSA) is 41.6 Å². The average molecular weight is 344 g/mol. The summed E-state index contributed by atoms with van der Waals surface area (Å²) in [6.07, 6.45) is 5.95. The molecule has 0 spiro atoms. The quantitative estimate of drug-likeness (QED) is 0.835. The van der Waals surface area contributed by atoms with Crippen molar-refractivity contribution in [2.45, 2.75) is 58.6 Å². The van der Waals surface area contributed by atoms with Crippen LogP contribution in [0.3, 0.4) is 0 Å². The van der Waals surface area contributed by atoms with Gasteiger partial charge in [-0.2, -0.15) is 0 Å². The van der Waals surface area contributed by atoms with Crippen molar-refractivity contribution in [1.29, 1.82) is 0 Å². The van der Waals surface area contributed by atoms with Crippen molar-refractivity contribution in [2.24, 2.45) is 5.92 Å². The highest BCUT2D eigenvalue weighted by atomic mass is 16.5. The van der Waals surface area contributed by atoms with Crippen LogP contribution < -0.4 is 5.32 Å². The molecule has 1 amide bonds. The molecule has 1 unspecified atom stereocenters. The van der Waals surface area contributed by atoms with E-state index < -0.39 is 0 Å². The van der Waals surface area contributed by atoms with Gasteiger partial charge < -0.3 is 15.0 Å². The number of fused-ring (bicyclic) bond motifs is 1. The van der Waals surface area contributed by atoms with Crippen LogP contribution in [0.1, 0.15) is 49.8 Å². The Labute approximate surface area is 151 Å². The second-order valence-electron chi connectivity index (χ2n) is 7.84. The second kappa shape index (κ2) is 8.81. The van der Waals surface area contributed by atoms with Crippen LogP contribution in [-0.2, 0) is 28.9 Å². The number of nitrogens with zero attached hydrogens (tertiary/aromatic N) is 1. The Hall–Kier alpha value is -1.39. The summed E-state index contributed by atoms with van der Waals surface area (Å²) in [4.78, 5) is 14.9. The minimum atomic E-state index is -0.340. The molecule has 138 valence electrons. The van der Waals surface area contributed by atoms with Gasteiger partial charge in [-0.05, 0) is 48.3 Å². The van der Waals surface area contributed by atoms with Crippen molar-refractivity contribution in [3.63, 3.8) is 0 Å². The summed E-state index contributed by atoms with van der Waals surface area (Å²) in [5.74, 6) is 0.567. The number of ether oxygens (including phenoxy) is 1. The van der Waals surface area contributed by atoms with E-state index in [-0.39, 0.29) is 12.0 Å². The zero-order valence-corrected chi connectivity index (χ0v) is 15.7. The molecule has 1 aliphatic carbocycles. The second-order valence-corrected chi connectivity index (χ2v) is 7.84. The molecule has 25 heavy (non-hydrogen) atoms. The number of morpholine rings is 1. The Morgan fingerprint density at radius 1 is 1.24 bits per heavy atom. The molecule has 1 aliphatic heterocycles. The molecule has 4 nitrogen and oxygen atoms in total. The van der Waals surface area contributed by atoms with Gasteiger partial charge >= 0.3 is 0 Å². The van der Waals surface area contributed by atoms with E-state index in [1.54, 1.807) is 0 Å². The first kappa shape index (κ1) is 18.4. The number of hydrogen-bond acceptors (Lipinski definition) is 3. The van der Waals surface area contributed by atoms with Crippen LogP contribution in [0.4, 0.5) is 0 Å². The summed E-state index contributed by atoms with van der Waals surface area (Å²) in [6.45, 7) is 7.86. The highest BCUT2D eigenvalue weighted by Gasteiger charge is 2.27. The van der Waals surface area contributed by atoms with Gasteiger partial charge in [-0.15, -0.1) is 0 Å². The molecular weight excluding hydrogens is 312 g/mol. The first-order valence-corrected chi connectivity index (χ1v) is 9.85. The molecule has 1 aromatic carbocycles. The van der Waals surface area contributed by atoms with Gasteiger partial charge in [0.25, 0.3) is 5.91 Å². The molecule has 1 N–H and O–H groups in total. The maximum atomic E-state index is 12.9. The lowest BCUT2D eigenvalue weighted by molar-refractivity contribution is -0.146. The fraction of sp³-hybridized carbons (Fsp3) is 0.667. The average Bonchev–Trinajstić information content (AvgIpc) is 2.86. The van der Waals surface area contributed by atoms with Crippen molar-refractivity contribution >= 4 is 5.91 Å². The maximum absolute atomic E-state index is 12.9. The zero-order valence-electron chi connectivity index (χ0n) is 15.7. The van der Waals surface area contributed by atoms with Crippen molar-refractivity contribution in [2.75, 3.05) is 26.2 Å². The molecule has 1 heterocycles. The number of carbonyl (C=O) groups is 1. The number of amides is 1. The molecular formula is C21H32N2O2. The summed E-state index contributed by atoms with van der Waals surface area (Å²) in [6, 6.07) is 6.83. The zero-order chi connectivity index (χ0) is 17.6. The van der Waals surface area contributed by atoms with Gasteiger partial charge in [-0.3, -0.25) is 4.79 Å². The lowest BCUT2D eigenvalue weighted by Crippen LogP contribution is -2.49. The first-order valence-electron chi connectivity index (χ1n) is 9.85. The van der Waals surface area contributed by atoms with E-state index >= 15 is 0 Å². The molecule has 1 aromatic rings. The first-order chi connectivity index (χ1) is 12.1. The summed E-state index contributed by atoms with van der Waals surface area (Å²) in [5.41, 5.74) is 4.24. The standard InChI is InChI=1S/C21H32N2O2/c1-16(2)14-23(21(24)20-13-22-10-11-25-20)15-17-8-9-18-6-4-3-5-7-19(18)12-17/h8-9,12,16,20,22H,3-7,10-11,13-15H2,1-2H3. The Morgan fingerprint density at radius 2 is 2.04 bits per heavy atom. The van der Waals surface area contributed by atoms with Crippen molar-refractivity contribution in [3.8, 4) is 0 Å². The molecule has 4 heteroatoms. The summed E-state index contributed by atoms with van der Waals surface area (Å²) >= 11 is 0. The molecule has 2 aliphatic rings. The fourth-order valence-electron chi connectivity index (χ4n) is 3.88. The predicted octanol–water partition coefficient (Wildman–Crippen LogP) is 2.93. The van der Waals surface area contributed by atoms with Gasteiger partial charge in [0.05, 0.1) is 6.61 Å². The van der Waals surface area contributed by atoms with E-state index in [4.69, 9.17) is 4.74 Å². The molecule has 0 radical (unpaired) electrons. The number of aryl methyl sites for hydroxylation is 2. The van der Waals surface area contributed by atoms with E-state index in [2.05, 4.69) is 37.4 Å². The third-order valence-electron chi connectivity index (χ3n) is 5.14. The summed E-state index contributed by atoms with van der Waals surface area (Å²) in [5, 5.41) is 3.26. The number of rotatable bonds is 5. The smallest absolute Gasteiger partial charge is 0.253 e. The molecule has 1 saturated heterocycles. The Kier molecular flexibility index (Phi) is 6.49. The molecule has 0 saturated carbocycles. The Bertz CT molecular complexity index is 579. The lowest BCUT2D eigenvalue weighted by atomic mass is 9.99. The minimum absolute atomic E-state index is 0.121. The normalized spacial score (nSPS) is 20.8. The van der Waals surface area contributed by atoms with Crippen LogP contribution in [-0.4, -0.2) is 43.2 Å². The van der Waals surface area contributed by atoms with E-state index in [1.165, 1.54) is 48.8 Å². The molecule has 0 bridgehead atoms. The third-order valence-corrected chi connectivity index (χ3v) is 5.14. The van der Waals surface area contributed by atoms with Gasteiger partial charge in [0, 0.05) is 26.2 Å². The third kappa shape index (κ3) is 5.05. The number of nitrogens with one attached hydrogen (secondary N) is 1. The largest absolute Gasteiger partial charge is 0.366 e. The number of carbonyl (C=O) groups excluding carboxylic acids is 1.